The van der Waals surface area contributed by atoms with Crippen LogP contribution in [0.4, 0.5) is 16.2 Å². The van der Waals surface area contributed by atoms with Gasteiger partial charge in [0.15, 0.2) is 0 Å². The van der Waals surface area contributed by atoms with Crippen LogP contribution in [0.1, 0.15) is 5.56 Å². The van der Waals surface area contributed by atoms with Gasteiger partial charge in [0.1, 0.15) is 19.0 Å². The Kier molecular flexibility index (Phi) is 4.42. The van der Waals surface area contributed by atoms with E-state index in [1.165, 1.54) is 4.90 Å². The average molecular weight is 373 g/mol. The molecular weight excluding hydrogens is 356 g/mol. The number of anilines is 2. The highest BCUT2D eigenvalue weighted by Crippen LogP contribution is 2.30. The Morgan fingerprint density at radius 2 is 2.08 bits per heavy atom. The molecule has 2 aromatic rings. The molecule has 6 nitrogen and oxygen atoms in total. The number of hydrogen-bond donors (Lipinski definition) is 1. The summed E-state index contributed by atoms with van der Waals surface area (Å²) >= 11 is 6.03. The average Bonchev–Trinajstić information content (AvgIpc) is 3.07. The van der Waals surface area contributed by atoms with E-state index in [0.29, 0.717) is 42.6 Å². The van der Waals surface area contributed by atoms with E-state index in [1.54, 1.807) is 24.3 Å². The molecule has 0 saturated carbocycles. The van der Waals surface area contributed by atoms with Crippen LogP contribution in [-0.4, -0.2) is 31.8 Å². The molecule has 1 fully saturated rings. The zero-order valence-corrected chi connectivity index (χ0v) is 14.7. The molecule has 1 N–H and O–H groups in total. The standard InChI is InChI=1S/C19H17ClN2O4/c20-14-4-5-17-12(9-14)8-13(11-26-17)18(23)21-15-2-1-3-16(10-15)22-6-7-25-19(22)24/h1-5,9-10,13H,6-8,11H2,(H,21,23). The fraction of sp³-hybridized carbons (Fsp3) is 0.263. The van der Waals surface area contributed by atoms with Crippen molar-refractivity contribution in [3.8, 4) is 5.75 Å². The quantitative estimate of drug-likeness (QED) is 0.895. The van der Waals surface area contributed by atoms with E-state index >= 15 is 0 Å². The second kappa shape index (κ2) is 6.88. The zero-order valence-electron chi connectivity index (χ0n) is 13.9. The van der Waals surface area contributed by atoms with Gasteiger partial charge in [-0.1, -0.05) is 17.7 Å². The third-order valence-electron chi connectivity index (χ3n) is 4.49. The smallest absolute Gasteiger partial charge is 0.414 e. The maximum atomic E-state index is 12.6. The summed E-state index contributed by atoms with van der Waals surface area (Å²) < 4.78 is 10.6. The van der Waals surface area contributed by atoms with Crippen molar-refractivity contribution in [1.82, 2.24) is 0 Å². The predicted molar refractivity (Wildman–Crippen MR) is 97.9 cm³/mol. The van der Waals surface area contributed by atoms with E-state index in [-0.39, 0.29) is 17.9 Å². The van der Waals surface area contributed by atoms with Crippen LogP contribution in [0.5, 0.6) is 5.75 Å². The van der Waals surface area contributed by atoms with Crippen LogP contribution >= 0.6 is 11.6 Å². The summed E-state index contributed by atoms with van der Waals surface area (Å²) in [7, 11) is 0. The minimum absolute atomic E-state index is 0.128. The molecule has 0 aliphatic carbocycles. The normalized spacial score (nSPS) is 18.7. The van der Waals surface area contributed by atoms with Crippen LogP contribution in [-0.2, 0) is 16.0 Å². The molecular formula is C19H17ClN2O4. The monoisotopic (exact) mass is 372 g/mol. The van der Waals surface area contributed by atoms with Crippen molar-refractivity contribution in [3.63, 3.8) is 0 Å². The number of carbonyl (C=O) groups excluding carboxylic acids is 2. The van der Waals surface area contributed by atoms with Gasteiger partial charge in [-0.3, -0.25) is 9.69 Å². The number of ether oxygens (including phenoxy) is 2. The summed E-state index contributed by atoms with van der Waals surface area (Å²) in [4.78, 5) is 25.9. The summed E-state index contributed by atoms with van der Waals surface area (Å²) in [5.74, 6) is 0.339. The fourth-order valence-corrected chi connectivity index (χ4v) is 3.35. The largest absolute Gasteiger partial charge is 0.492 e. The third kappa shape index (κ3) is 3.32. The molecule has 1 atom stereocenters. The SMILES string of the molecule is O=C(Nc1cccc(N2CCOC2=O)c1)C1COc2ccc(Cl)cc2C1. The first-order valence-corrected chi connectivity index (χ1v) is 8.74. The van der Waals surface area contributed by atoms with E-state index in [1.807, 2.05) is 18.2 Å². The lowest BCUT2D eigenvalue weighted by Crippen LogP contribution is -2.32. The molecule has 2 aliphatic rings. The van der Waals surface area contributed by atoms with Crippen LogP contribution in [0.15, 0.2) is 42.5 Å². The summed E-state index contributed by atoms with van der Waals surface area (Å²) in [6, 6.07) is 12.6. The van der Waals surface area contributed by atoms with Gasteiger partial charge in [0.05, 0.1) is 12.5 Å². The molecule has 1 saturated heterocycles. The molecule has 134 valence electrons. The highest BCUT2D eigenvalue weighted by Gasteiger charge is 2.27. The number of nitrogens with one attached hydrogen (secondary N) is 1. The Bertz CT molecular complexity index is 870. The molecule has 0 radical (unpaired) electrons. The van der Waals surface area contributed by atoms with Crippen LogP contribution in [0.2, 0.25) is 5.02 Å². The van der Waals surface area contributed by atoms with Crippen LogP contribution in [0, 0.1) is 5.92 Å². The fourth-order valence-electron chi connectivity index (χ4n) is 3.16. The lowest BCUT2D eigenvalue weighted by atomic mass is 9.96. The Morgan fingerprint density at radius 3 is 2.88 bits per heavy atom. The van der Waals surface area contributed by atoms with Crippen molar-refractivity contribution in [2.24, 2.45) is 5.92 Å². The number of benzene rings is 2. The predicted octanol–water partition coefficient (Wildman–Crippen LogP) is 3.49. The second-order valence-electron chi connectivity index (χ2n) is 6.27. The van der Waals surface area contributed by atoms with E-state index in [2.05, 4.69) is 5.32 Å². The van der Waals surface area contributed by atoms with Crippen molar-refractivity contribution in [2.75, 3.05) is 30.0 Å². The van der Waals surface area contributed by atoms with E-state index in [4.69, 9.17) is 21.1 Å². The highest BCUT2D eigenvalue weighted by atomic mass is 35.5. The van der Waals surface area contributed by atoms with Gasteiger partial charge in [-0.2, -0.15) is 0 Å². The first-order valence-electron chi connectivity index (χ1n) is 8.36. The van der Waals surface area contributed by atoms with Crippen molar-refractivity contribution in [2.45, 2.75) is 6.42 Å². The number of fused-ring (bicyclic) bond motifs is 1. The first-order chi connectivity index (χ1) is 12.6. The van der Waals surface area contributed by atoms with Gasteiger partial charge >= 0.3 is 6.09 Å². The topological polar surface area (TPSA) is 67.9 Å². The van der Waals surface area contributed by atoms with Gasteiger partial charge in [0.2, 0.25) is 5.91 Å². The molecule has 2 heterocycles. The first kappa shape index (κ1) is 16.7. The lowest BCUT2D eigenvalue weighted by Gasteiger charge is -2.25. The van der Waals surface area contributed by atoms with E-state index < -0.39 is 0 Å². The van der Waals surface area contributed by atoms with Crippen molar-refractivity contribution >= 4 is 35.0 Å². The molecule has 2 aromatic carbocycles. The highest BCUT2D eigenvalue weighted by molar-refractivity contribution is 6.30. The number of carbonyl (C=O) groups is 2. The van der Waals surface area contributed by atoms with Crippen molar-refractivity contribution in [1.29, 1.82) is 0 Å². The van der Waals surface area contributed by atoms with Crippen molar-refractivity contribution < 1.29 is 19.1 Å². The van der Waals surface area contributed by atoms with Gasteiger partial charge in [0, 0.05) is 16.4 Å². The Labute approximate surface area is 155 Å². The number of nitrogens with zero attached hydrogens (tertiary/aromatic N) is 1. The third-order valence-corrected chi connectivity index (χ3v) is 4.72. The number of halogens is 1. The maximum absolute atomic E-state index is 12.6. The molecule has 0 spiro atoms. The molecule has 7 heteroatoms. The zero-order chi connectivity index (χ0) is 18.1. The minimum Gasteiger partial charge on any atom is -0.492 e. The van der Waals surface area contributed by atoms with Gasteiger partial charge < -0.3 is 14.8 Å². The minimum atomic E-state index is -0.373. The number of cyclic esters (lactones) is 1. The molecule has 2 amide bonds. The van der Waals surface area contributed by atoms with Gasteiger partial charge in [-0.15, -0.1) is 0 Å². The van der Waals surface area contributed by atoms with Gasteiger partial charge in [-0.05, 0) is 48.4 Å². The molecule has 0 bridgehead atoms. The molecule has 0 aromatic heterocycles. The molecule has 4 rings (SSSR count). The number of rotatable bonds is 3. The molecule has 1 unspecified atom stereocenters. The number of amides is 2. The summed E-state index contributed by atoms with van der Waals surface area (Å²) in [5.41, 5.74) is 2.25. The van der Waals surface area contributed by atoms with Crippen LogP contribution < -0.4 is 15.0 Å². The second-order valence-corrected chi connectivity index (χ2v) is 6.71. The maximum Gasteiger partial charge on any atom is 0.414 e. The summed E-state index contributed by atoms with van der Waals surface area (Å²) in [6.07, 6.45) is 0.197. The number of hydrogen-bond acceptors (Lipinski definition) is 4. The van der Waals surface area contributed by atoms with Gasteiger partial charge in [-0.25, -0.2) is 4.79 Å². The molecule has 2 aliphatic heterocycles. The Balaban J connectivity index is 1.46. The van der Waals surface area contributed by atoms with Crippen LogP contribution in [0.25, 0.3) is 0 Å². The molecule has 26 heavy (non-hydrogen) atoms. The summed E-state index contributed by atoms with van der Waals surface area (Å²) in [5, 5.41) is 3.53. The van der Waals surface area contributed by atoms with E-state index in [0.717, 1.165) is 11.3 Å². The van der Waals surface area contributed by atoms with Gasteiger partial charge in [0.25, 0.3) is 0 Å². The van der Waals surface area contributed by atoms with Crippen molar-refractivity contribution in [3.05, 3.63) is 53.1 Å². The van der Waals surface area contributed by atoms with E-state index in [9.17, 15) is 9.59 Å². The lowest BCUT2D eigenvalue weighted by molar-refractivity contribution is -0.121. The van der Waals surface area contributed by atoms with Crippen LogP contribution in [0.3, 0.4) is 0 Å². The Morgan fingerprint density at radius 1 is 1.19 bits per heavy atom. The summed E-state index contributed by atoms with van der Waals surface area (Å²) in [6.45, 7) is 1.19. The Hall–Kier alpha value is -2.73.